The maximum Gasteiger partial charge on any atom is 0.490 e. The summed E-state index contributed by atoms with van der Waals surface area (Å²) in [5.74, 6) is 1.09. The van der Waals surface area contributed by atoms with Crippen molar-refractivity contribution < 1.29 is 32.0 Å². The first kappa shape index (κ1) is 28.1. The number of hydrogen-bond acceptors (Lipinski definition) is 6. The number of allylic oxidation sites excluding steroid dienone is 1. The van der Waals surface area contributed by atoms with Gasteiger partial charge in [0.05, 0.1) is 19.4 Å². The Labute approximate surface area is 222 Å². The number of quaternary nitrogens is 1. The minimum absolute atomic E-state index is 0.0775. The Morgan fingerprint density at radius 3 is 2.53 bits per heavy atom. The number of amidine groups is 2. The molecule has 3 aliphatic heterocycles. The number of amides is 1. The number of carbonyl (C=O) groups is 1. The topological polar surface area (TPSA) is 66.7 Å². The Morgan fingerprint density at radius 2 is 1.87 bits per heavy atom. The van der Waals surface area contributed by atoms with Crippen LogP contribution < -0.4 is 4.74 Å². The predicted octanol–water partition coefficient (Wildman–Crippen LogP) is 4.50. The smallest absolute Gasteiger partial charge is 0.490 e. The number of likely N-dealkylation sites (tertiary alicyclic amines) is 1. The molecule has 0 radical (unpaired) electrons. The van der Waals surface area contributed by atoms with Gasteiger partial charge < -0.3 is 19.3 Å². The lowest BCUT2D eigenvalue weighted by atomic mass is 9.89. The van der Waals surface area contributed by atoms with Crippen molar-refractivity contribution in [1.82, 2.24) is 9.80 Å². The van der Waals surface area contributed by atoms with E-state index in [2.05, 4.69) is 27.1 Å². The van der Waals surface area contributed by atoms with Crippen LogP contribution in [0.1, 0.15) is 50.0 Å². The maximum absolute atomic E-state index is 13.5. The zero-order valence-electron chi connectivity index (χ0n) is 22.3. The van der Waals surface area contributed by atoms with Crippen molar-refractivity contribution in [2.75, 3.05) is 54.1 Å². The van der Waals surface area contributed by atoms with E-state index in [0.717, 1.165) is 37.5 Å². The number of hydrogen-bond donors (Lipinski definition) is 0. The lowest BCUT2D eigenvalue weighted by Gasteiger charge is -2.38. The van der Waals surface area contributed by atoms with Crippen molar-refractivity contribution in [2.24, 2.45) is 10.1 Å². The summed E-state index contributed by atoms with van der Waals surface area (Å²) in [6.07, 6.45) is 0.860. The molecule has 1 atom stereocenters. The minimum Gasteiger partial charge on any atom is -0.494 e. The average Bonchev–Trinajstić information content (AvgIpc) is 3.26. The number of ether oxygens (including phenoxy) is 2. The highest BCUT2D eigenvalue weighted by Gasteiger charge is 2.57. The van der Waals surface area contributed by atoms with E-state index >= 15 is 0 Å². The van der Waals surface area contributed by atoms with Crippen LogP contribution in [0.3, 0.4) is 0 Å². The highest BCUT2D eigenvalue weighted by atomic mass is 19.4. The normalized spacial score (nSPS) is 21.9. The second kappa shape index (κ2) is 11.9. The standard InChI is InChI=1S/C27H37F3N5O3/c1-33(16-18-37-3)25(36)5-4-17-38-23-9-6-20(7-10-23)21-12-14-34(15-13-21)24-11-8-22-19-31-26(27(28,29)30)35(22,2)32-24/h6-7,9-10,19,21H,4-5,8,11-18H2,1-3H3/q+1. The third-order valence-electron chi connectivity index (χ3n) is 7.55. The van der Waals surface area contributed by atoms with Crippen LogP contribution in [-0.2, 0) is 9.53 Å². The number of halogens is 3. The van der Waals surface area contributed by atoms with Gasteiger partial charge in [-0.1, -0.05) is 17.2 Å². The average molecular weight is 537 g/mol. The van der Waals surface area contributed by atoms with Crippen LogP contribution in [0.4, 0.5) is 13.2 Å². The lowest BCUT2D eigenvalue weighted by molar-refractivity contribution is -0.795. The van der Waals surface area contributed by atoms with Gasteiger partial charge in [0.1, 0.15) is 12.8 Å². The Morgan fingerprint density at radius 1 is 1.16 bits per heavy atom. The van der Waals surface area contributed by atoms with Gasteiger partial charge in [-0.05, 0) is 42.9 Å². The van der Waals surface area contributed by atoms with Gasteiger partial charge in [-0.25, -0.2) is 0 Å². The predicted molar refractivity (Wildman–Crippen MR) is 139 cm³/mol. The quantitative estimate of drug-likeness (QED) is 0.344. The van der Waals surface area contributed by atoms with Crippen molar-refractivity contribution in [1.29, 1.82) is 0 Å². The fraction of sp³-hybridized carbons (Fsp3) is 0.593. The molecular formula is C27H37F3N5O3+. The number of fused-ring (bicyclic) bond motifs is 1. The molecule has 1 aromatic carbocycles. The van der Waals surface area contributed by atoms with Gasteiger partial charge in [0.2, 0.25) is 5.91 Å². The number of piperidine rings is 1. The van der Waals surface area contributed by atoms with E-state index in [-0.39, 0.29) is 5.91 Å². The molecule has 1 amide bonds. The number of carbonyl (C=O) groups excluding carboxylic acids is 1. The summed E-state index contributed by atoms with van der Waals surface area (Å²) >= 11 is 0. The van der Waals surface area contributed by atoms with Gasteiger partial charge in [-0.3, -0.25) is 4.79 Å². The maximum atomic E-state index is 13.5. The van der Waals surface area contributed by atoms with Crippen LogP contribution in [0.25, 0.3) is 0 Å². The second-order valence-electron chi connectivity index (χ2n) is 10.1. The summed E-state index contributed by atoms with van der Waals surface area (Å²) < 4.78 is 50.7. The van der Waals surface area contributed by atoms with Crippen LogP contribution in [0, 0.1) is 0 Å². The summed E-state index contributed by atoms with van der Waals surface area (Å²) in [6.45, 7) is 3.08. The van der Waals surface area contributed by atoms with Crippen molar-refractivity contribution in [3.8, 4) is 5.75 Å². The Bertz CT molecular complexity index is 1080. The third-order valence-corrected chi connectivity index (χ3v) is 7.55. The van der Waals surface area contributed by atoms with Gasteiger partial charge in [-0.2, -0.15) is 18.2 Å². The van der Waals surface area contributed by atoms with E-state index in [1.807, 2.05) is 12.1 Å². The number of aliphatic imine (C=N–C) groups is 1. The molecule has 0 spiro atoms. The Kier molecular flexibility index (Phi) is 8.77. The fourth-order valence-electron chi connectivity index (χ4n) is 5.22. The Hall–Kier alpha value is -2.92. The number of likely N-dealkylation sites (N-methyl/N-ethyl adjacent to an activating group) is 1. The molecule has 0 aliphatic carbocycles. The molecule has 3 aliphatic rings. The van der Waals surface area contributed by atoms with Crippen molar-refractivity contribution in [3.63, 3.8) is 0 Å². The molecule has 0 N–H and O–H groups in total. The minimum atomic E-state index is -4.51. The highest BCUT2D eigenvalue weighted by molar-refractivity contribution is 5.88. The molecule has 38 heavy (non-hydrogen) atoms. The zero-order valence-corrected chi connectivity index (χ0v) is 22.3. The largest absolute Gasteiger partial charge is 0.494 e. The number of rotatable bonds is 9. The van der Waals surface area contributed by atoms with Crippen LogP contribution in [0.15, 0.2) is 46.3 Å². The van der Waals surface area contributed by atoms with E-state index in [9.17, 15) is 18.0 Å². The molecule has 3 heterocycles. The van der Waals surface area contributed by atoms with Gasteiger partial charge in [0, 0.05) is 53.1 Å². The SMILES string of the molecule is COCCN(C)C(=O)CCCOc1ccc(C2CCN(C3=N[N+]4(C)C(=CN=C4C(F)(F)F)CC3)CC2)cc1. The van der Waals surface area contributed by atoms with E-state index in [4.69, 9.17) is 9.47 Å². The third kappa shape index (κ3) is 6.37. The lowest BCUT2D eigenvalue weighted by Crippen LogP contribution is -2.53. The highest BCUT2D eigenvalue weighted by Crippen LogP contribution is 2.39. The molecule has 1 unspecified atom stereocenters. The monoisotopic (exact) mass is 536 g/mol. The molecule has 8 nitrogen and oxygen atoms in total. The molecular weight excluding hydrogens is 499 g/mol. The Balaban J connectivity index is 1.24. The van der Waals surface area contributed by atoms with Crippen molar-refractivity contribution >= 4 is 17.6 Å². The molecule has 0 bridgehead atoms. The molecule has 208 valence electrons. The van der Waals surface area contributed by atoms with Crippen LogP contribution in [0.2, 0.25) is 0 Å². The summed E-state index contributed by atoms with van der Waals surface area (Å²) in [7, 11) is 4.86. The first-order chi connectivity index (χ1) is 18.1. The molecule has 1 saturated heterocycles. The first-order valence-corrected chi connectivity index (χ1v) is 13.1. The van der Waals surface area contributed by atoms with E-state index < -0.39 is 16.6 Å². The number of nitrogens with zero attached hydrogens (tertiary/aromatic N) is 5. The number of benzene rings is 1. The molecule has 4 rings (SSSR count). The number of alkyl halides is 3. The summed E-state index contributed by atoms with van der Waals surface area (Å²) in [6, 6.07) is 8.08. The number of methoxy groups -OCH3 is 1. The fourth-order valence-corrected chi connectivity index (χ4v) is 5.22. The van der Waals surface area contributed by atoms with Gasteiger partial charge in [0.15, 0.2) is 11.5 Å². The van der Waals surface area contributed by atoms with Crippen LogP contribution in [0.5, 0.6) is 5.75 Å². The molecule has 1 fully saturated rings. The zero-order chi connectivity index (χ0) is 27.3. The van der Waals surface area contributed by atoms with Crippen LogP contribution in [-0.4, -0.2) is 92.2 Å². The molecule has 1 aromatic rings. The molecule has 0 aromatic heterocycles. The van der Waals surface area contributed by atoms with Gasteiger partial charge >= 0.3 is 12.0 Å². The summed E-state index contributed by atoms with van der Waals surface area (Å²) in [5, 5.41) is 4.54. The molecule has 11 heteroatoms. The van der Waals surface area contributed by atoms with Gasteiger partial charge in [0.25, 0.3) is 0 Å². The molecule has 0 saturated carbocycles. The summed E-state index contributed by atoms with van der Waals surface area (Å²) in [4.78, 5) is 19.5. The van der Waals surface area contributed by atoms with Gasteiger partial charge in [-0.15, -0.1) is 4.59 Å². The summed E-state index contributed by atoms with van der Waals surface area (Å²) in [5.41, 5.74) is 1.81. The van der Waals surface area contributed by atoms with Crippen molar-refractivity contribution in [3.05, 3.63) is 41.7 Å². The van der Waals surface area contributed by atoms with E-state index in [0.29, 0.717) is 57.1 Å². The second-order valence-corrected chi connectivity index (χ2v) is 10.1. The van der Waals surface area contributed by atoms with E-state index in [1.165, 1.54) is 18.8 Å². The van der Waals surface area contributed by atoms with Crippen molar-refractivity contribution in [2.45, 2.75) is 50.6 Å². The van der Waals surface area contributed by atoms with E-state index in [1.54, 1.807) is 19.1 Å². The van der Waals surface area contributed by atoms with Crippen LogP contribution >= 0.6 is 0 Å². The first-order valence-electron chi connectivity index (χ1n) is 13.1.